The van der Waals surface area contributed by atoms with Crippen LogP contribution in [-0.2, 0) is 0 Å². The first-order valence-electron chi connectivity index (χ1n) is 5.59. The maximum Gasteiger partial charge on any atom is 0.139 e. The van der Waals surface area contributed by atoms with Gasteiger partial charge in [0.05, 0.1) is 0 Å². The van der Waals surface area contributed by atoms with Crippen LogP contribution in [0.1, 0.15) is 19.3 Å². The average molecular weight is 237 g/mol. The Hall–Kier alpha value is -1.78. The van der Waals surface area contributed by atoms with E-state index >= 15 is 0 Å². The topological polar surface area (TPSA) is 70.6 Å². The second kappa shape index (κ2) is 4.61. The minimum Gasteiger partial charge on any atom is -0.409 e. The fourth-order valence-electron chi connectivity index (χ4n) is 1.90. The van der Waals surface area contributed by atoms with Gasteiger partial charge in [-0.1, -0.05) is 11.2 Å². The summed E-state index contributed by atoms with van der Waals surface area (Å²) in [6.45, 7) is 0.715. The molecule has 0 spiro atoms. The van der Waals surface area contributed by atoms with E-state index in [1.807, 2.05) is 6.07 Å². The van der Waals surface area contributed by atoms with E-state index in [1.165, 1.54) is 12.1 Å². The molecule has 0 aliphatic heterocycles. The number of anilines is 1. The van der Waals surface area contributed by atoms with Crippen molar-refractivity contribution in [2.75, 3.05) is 11.9 Å². The summed E-state index contributed by atoms with van der Waals surface area (Å²) in [4.78, 5) is 0. The second-order valence-electron chi connectivity index (χ2n) is 4.63. The van der Waals surface area contributed by atoms with Gasteiger partial charge >= 0.3 is 0 Å². The summed E-state index contributed by atoms with van der Waals surface area (Å²) in [5.41, 5.74) is 6.34. The van der Waals surface area contributed by atoms with E-state index in [2.05, 4.69) is 10.5 Å². The maximum absolute atomic E-state index is 13.0. The van der Waals surface area contributed by atoms with Crippen LogP contribution in [0.3, 0.4) is 0 Å². The summed E-state index contributed by atoms with van der Waals surface area (Å²) in [7, 11) is 0. The first-order chi connectivity index (χ1) is 8.13. The summed E-state index contributed by atoms with van der Waals surface area (Å²) in [5, 5.41) is 14.7. The van der Waals surface area contributed by atoms with E-state index < -0.39 is 0 Å². The normalized spacial score (nSPS) is 17.8. The molecular weight excluding hydrogens is 221 g/mol. The Labute approximate surface area is 99.3 Å². The van der Waals surface area contributed by atoms with Gasteiger partial charge in [0.2, 0.25) is 0 Å². The van der Waals surface area contributed by atoms with E-state index in [-0.39, 0.29) is 17.1 Å². The molecule has 1 fully saturated rings. The molecule has 5 heteroatoms. The molecule has 0 atom stereocenters. The van der Waals surface area contributed by atoms with Gasteiger partial charge in [0, 0.05) is 18.7 Å². The Morgan fingerprint density at radius 1 is 1.53 bits per heavy atom. The van der Waals surface area contributed by atoms with Crippen molar-refractivity contribution in [1.82, 2.24) is 0 Å². The molecule has 2 rings (SSSR count). The fourth-order valence-corrected chi connectivity index (χ4v) is 1.90. The highest BCUT2D eigenvalue weighted by molar-refractivity contribution is 5.80. The van der Waals surface area contributed by atoms with Crippen molar-refractivity contribution >= 4 is 11.5 Å². The molecule has 0 unspecified atom stereocenters. The first kappa shape index (κ1) is 11.7. The van der Waals surface area contributed by atoms with Crippen LogP contribution in [0.5, 0.6) is 0 Å². The van der Waals surface area contributed by atoms with Crippen molar-refractivity contribution in [3.63, 3.8) is 0 Å². The zero-order valence-electron chi connectivity index (χ0n) is 9.49. The van der Waals surface area contributed by atoms with Gasteiger partial charge in [-0.15, -0.1) is 0 Å². The zero-order chi connectivity index (χ0) is 12.3. The quantitative estimate of drug-likeness (QED) is 0.318. The Morgan fingerprint density at radius 2 is 2.29 bits per heavy atom. The number of benzene rings is 1. The third-order valence-corrected chi connectivity index (χ3v) is 3.13. The number of hydrogen-bond acceptors (Lipinski definition) is 3. The van der Waals surface area contributed by atoms with Crippen molar-refractivity contribution in [3.05, 3.63) is 30.1 Å². The van der Waals surface area contributed by atoms with Crippen LogP contribution < -0.4 is 11.1 Å². The lowest BCUT2D eigenvalue weighted by molar-refractivity contribution is 0.315. The number of halogens is 1. The summed E-state index contributed by atoms with van der Waals surface area (Å²) in [5.74, 6) is -0.000163. The van der Waals surface area contributed by atoms with Crippen molar-refractivity contribution in [3.8, 4) is 0 Å². The number of hydrogen-bond donors (Lipinski definition) is 3. The van der Waals surface area contributed by atoms with E-state index in [9.17, 15) is 4.39 Å². The molecule has 92 valence electrons. The molecule has 0 aromatic heterocycles. The van der Waals surface area contributed by atoms with E-state index in [0.717, 1.165) is 18.5 Å². The largest absolute Gasteiger partial charge is 0.409 e. The average Bonchev–Trinajstić information content (AvgIpc) is 3.07. The predicted molar refractivity (Wildman–Crippen MR) is 64.6 cm³/mol. The molecule has 1 aromatic rings. The summed E-state index contributed by atoms with van der Waals surface area (Å²) in [6, 6.07) is 6.36. The van der Waals surface area contributed by atoms with Crippen LogP contribution in [-0.4, -0.2) is 17.6 Å². The highest BCUT2D eigenvalue weighted by Gasteiger charge is 2.43. The summed E-state index contributed by atoms with van der Waals surface area (Å²) >= 11 is 0. The lowest BCUT2D eigenvalue weighted by Gasteiger charge is -2.15. The molecular formula is C12H16FN3O. The fraction of sp³-hybridized carbons (Fsp3) is 0.417. The number of oxime groups is 1. The second-order valence-corrected chi connectivity index (χ2v) is 4.63. The third kappa shape index (κ3) is 3.09. The zero-order valence-corrected chi connectivity index (χ0v) is 9.49. The molecule has 0 radical (unpaired) electrons. The molecule has 1 aliphatic carbocycles. The standard InChI is InChI=1S/C12H16FN3O/c13-9-2-1-3-10(6-9)15-8-12(4-5-12)7-11(14)16-17/h1-3,6,15,17H,4-5,7-8H2,(H2,14,16). The Balaban J connectivity index is 1.90. The molecule has 17 heavy (non-hydrogen) atoms. The molecule has 0 bridgehead atoms. The lowest BCUT2D eigenvalue weighted by Crippen LogP contribution is -2.23. The third-order valence-electron chi connectivity index (χ3n) is 3.13. The van der Waals surface area contributed by atoms with E-state index in [1.54, 1.807) is 6.07 Å². The lowest BCUT2D eigenvalue weighted by atomic mass is 10.0. The van der Waals surface area contributed by atoms with Gasteiger partial charge < -0.3 is 16.3 Å². The molecule has 0 amide bonds. The molecule has 4 N–H and O–H groups in total. The van der Waals surface area contributed by atoms with E-state index in [0.29, 0.717) is 13.0 Å². The van der Waals surface area contributed by atoms with Gasteiger partial charge in [-0.05, 0) is 36.5 Å². The van der Waals surface area contributed by atoms with Crippen molar-refractivity contribution in [2.45, 2.75) is 19.3 Å². The minimum atomic E-state index is -0.253. The number of nitrogens with two attached hydrogens (primary N) is 1. The van der Waals surface area contributed by atoms with Crippen LogP contribution in [0, 0.1) is 11.2 Å². The Bertz CT molecular complexity index is 430. The molecule has 0 saturated heterocycles. The molecule has 1 aromatic carbocycles. The first-order valence-corrected chi connectivity index (χ1v) is 5.59. The number of amidine groups is 1. The van der Waals surface area contributed by atoms with Gasteiger partial charge in [-0.25, -0.2) is 4.39 Å². The smallest absolute Gasteiger partial charge is 0.139 e. The van der Waals surface area contributed by atoms with Crippen molar-refractivity contribution < 1.29 is 9.60 Å². The SMILES string of the molecule is NC(CC1(CNc2cccc(F)c2)CC1)=NO. The van der Waals surface area contributed by atoms with Crippen LogP contribution in [0.2, 0.25) is 0 Å². The van der Waals surface area contributed by atoms with Crippen LogP contribution in [0.4, 0.5) is 10.1 Å². The Kier molecular flexibility index (Phi) is 3.17. The van der Waals surface area contributed by atoms with Crippen LogP contribution >= 0.6 is 0 Å². The predicted octanol–water partition coefficient (Wildman–Crippen LogP) is 2.15. The van der Waals surface area contributed by atoms with E-state index in [4.69, 9.17) is 10.9 Å². The molecule has 0 heterocycles. The number of nitrogens with zero attached hydrogens (tertiary/aromatic N) is 1. The van der Waals surface area contributed by atoms with Crippen LogP contribution in [0.15, 0.2) is 29.4 Å². The van der Waals surface area contributed by atoms with Crippen molar-refractivity contribution in [2.24, 2.45) is 16.3 Å². The molecule has 1 aliphatic rings. The van der Waals surface area contributed by atoms with Gasteiger partial charge in [0.25, 0.3) is 0 Å². The van der Waals surface area contributed by atoms with Gasteiger partial charge in [-0.3, -0.25) is 0 Å². The summed E-state index contributed by atoms with van der Waals surface area (Å²) in [6.07, 6.45) is 2.67. The minimum absolute atomic E-state index is 0.0721. The highest BCUT2D eigenvalue weighted by Crippen LogP contribution is 2.48. The number of rotatable bonds is 5. The highest BCUT2D eigenvalue weighted by atomic mass is 19.1. The maximum atomic E-state index is 13.0. The molecule has 1 saturated carbocycles. The van der Waals surface area contributed by atoms with Gasteiger partial charge in [-0.2, -0.15) is 0 Å². The molecule has 4 nitrogen and oxygen atoms in total. The van der Waals surface area contributed by atoms with Gasteiger partial charge in [0.1, 0.15) is 11.7 Å². The number of nitrogens with one attached hydrogen (secondary N) is 1. The summed E-state index contributed by atoms with van der Waals surface area (Å²) < 4.78 is 13.0. The Morgan fingerprint density at radius 3 is 2.88 bits per heavy atom. The monoisotopic (exact) mass is 237 g/mol. The van der Waals surface area contributed by atoms with Gasteiger partial charge in [0.15, 0.2) is 0 Å². The van der Waals surface area contributed by atoms with Crippen LogP contribution in [0.25, 0.3) is 0 Å². The van der Waals surface area contributed by atoms with Crippen molar-refractivity contribution in [1.29, 1.82) is 0 Å².